The molecule has 0 N–H and O–H groups in total. The molecule has 3 unspecified atom stereocenters. The van der Waals surface area contributed by atoms with Gasteiger partial charge in [-0.15, -0.1) is 0 Å². The maximum atomic E-state index is 10.6. The van der Waals surface area contributed by atoms with Gasteiger partial charge >= 0.3 is 5.97 Å². The predicted octanol–water partition coefficient (Wildman–Crippen LogP) is 0.593. The molecule has 3 heteroatoms. The van der Waals surface area contributed by atoms with E-state index in [1.54, 1.807) is 0 Å². The number of fused-ring (bicyclic) bond motifs is 1. The van der Waals surface area contributed by atoms with Gasteiger partial charge < -0.3 is 4.74 Å². The van der Waals surface area contributed by atoms with E-state index in [1.807, 2.05) is 0 Å². The maximum Gasteiger partial charge on any atom is 0.310 e. The van der Waals surface area contributed by atoms with Gasteiger partial charge in [0, 0.05) is 9.84 Å². The number of carbonyl (C=O) groups is 1. The summed E-state index contributed by atoms with van der Waals surface area (Å²) < 4.78 is 5.33. The molecule has 0 spiro atoms. The Morgan fingerprint density at radius 1 is 1.75 bits per heavy atom. The van der Waals surface area contributed by atoms with Crippen molar-refractivity contribution < 1.29 is 9.53 Å². The van der Waals surface area contributed by atoms with Crippen LogP contribution in [-0.4, -0.2) is 16.5 Å². The summed E-state index contributed by atoms with van der Waals surface area (Å²) in [6, 6.07) is 0. The number of rotatable bonds is 0. The molecule has 0 aromatic carbocycles. The Morgan fingerprint density at radius 2 is 2.50 bits per heavy atom. The van der Waals surface area contributed by atoms with Crippen molar-refractivity contribution in [1.82, 2.24) is 0 Å². The van der Waals surface area contributed by atoms with E-state index in [0.717, 1.165) is 0 Å². The Balaban J connectivity index is 2.18. The number of alkyl halides is 1. The zero-order chi connectivity index (χ0) is 5.72. The summed E-state index contributed by atoms with van der Waals surface area (Å²) in [7, 11) is 0. The number of ether oxygens (including phenoxy) is 1. The average molecular weight is 224 g/mol. The highest BCUT2D eigenvalue weighted by molar-refractivity contribution is 14.1. The number of hydrogen-bond donors (Lipinski definition) is 0. The fourth-order valence-electron chi connectivity index (χ4n) is 1.11. The van der Waals surface area contributed by atoms with Gasteiger partial charge in [0.2, 0.25) is 0 Å². The van der Waals surface area contributed by atoms with Gasteiger partial charge in [-0.2, -0.15) is 0 Å². The highest BCUT2D eigenvalue weighted by atomic mass is 127. The van der Waals surface area contributed by atoms with Gasteiger partial charge in [0.15, 0.2) is 0 Å². The summed E-state index contributed by atoms with van der Waals surface area (Å²) in [5.41, 5.74) is 0. The number of esters is 1. The summed E-state index contributed by atoms with van der Waals surface area (Å²) in [6.45, 7) is 0.678. The normalized spacial score (nSPS) is 50.6. The van der Waals surface area contributed by atoms with Crippen LogP contribution in [0.5, 0.6) is 0 Å². The van der Waals surface area contributed by atoms with Crippen molar-refractivity contribution in [2.45, 2.75) is 3.92 Å². The van der Waals surface area contributed by atoms with Crippen LogP contribution in [0.2, 0.25) is 0 Å². The molecule has 0 radical (unpaired) electrons. The van der Waals surface area contributed by atoms with E-state index in [4.69, 9.17) is 4.74 Å². The van der Waals surface area contributed by atoms with Gasteiger partial charge in [0.1, 0.15) is 0 Å². The zero-order valence-electron chi connectivity index (χ0n) is 4.13. The second-order valence-electron chi connectivity index (χ2n) is 2.26. The fourth-order valence-corrected chi connectivity index (χ4v) is 2.35. The second-order valence-corrected chi connectivity index (χ2v) is 3.70. The molecule has 0 bridgehead atoms. The Morgan fingerprint density at radius 3 is 2.75 bits per heavy atom. The molecule has 8 heavy (non-hydrogen) atoms. The van der Waals surface area contributed by atoms with Crippen LogP contribution in [0.3, 0.4) is 0 Å². The van der Waals surface area contributed by atoms with Crippen LogP contribution < -0.4 is 0 Å². The van der Waals surface area contributed by atoms with Crippen LogP contribution in [0.25, 0.3) is 0 Å². The topological polar surface area (TPSA) is 26.3 Å². The summed E-state index contributed by atoms with van der Waals surface area (Å²) in [6.07, 6.45) is 0. The molecule has 0 aromatic heterocycles. The van der Waals surface area contributed by atoms with Crippen molar-refractivity contribution in [1.29, 1.82) is 0 Å². The van der Waals surface area contributed by atoms with Crippen LogP contribution in [0, 0.1) is 11.8 Å². The van der Waals surface area contributed by atoms with E-state index in [0.29, 0.717) is 16.4 Å². The average Bonchev–Trinajstić information content (AvgIpc) is 2.13. The van der Waals surface area contributed by atoms with Gasteiger partial charge in [-0.25, -0.2) is 0 Å². The molecule has 0 aromatic rings. The van der Waals surface area contributed by atoms with Crippen LogP contribution in [-0.2, 0) is 9.53 Å². The van der Waals surface area contributed by atoms with Gasteiger partial charge in [-0.1, -0.05) is 22.6 Å². The van der Waals surface area contributed by atoms with E-state index < -0.39 is 0 Å². The minimum absolute atomic E-state index is 0.0226. The summed E-state index contributed by atoms with van der Waals surface area (Å²) in [5, 5.41) is 0. The lowest BCUT2D eigenvalue weighted by atomic mass is 10.4. The van der Waals surface area contributed by atoms with Gasteiger partial charge in [-0.3, -0.25) is 4.79 Å². The van der Waals surface area contributed by atoms with Crippen molar-refractivity contribution in [3.8, 4) is 0 Å². The molecule has 3 atom stereocenters. The molecule has 44 valence electrons. The van der Waals surface area contributed by atoms with E-state index in [-0.39, 0.29) is 11.9 Å². The van der Waals surface area contributed by atoms with Crippen molar-refractivity contribution >= 4 is 28.6 Å². The maximum absolute atomic E-state index is 10.6. The molecule has 2 fully saturated rings. The first-order valence-corrected chi connectivity index (χ1v) is 3.86. The molecule has 1 saturated heterocycles. The van der Waals surface area contributed by atoms with Crippen LogP contribution >= 0.6 is 22.6 Å². The van der Waals surface area contributed by atoms with Crippen LogP contribution in [0.1, 0.15) is 0 Å². The molecule has 1 heterocycles. The third-order valence-electron chi connectivity index (χ3n) is 1.76. The molecular formula is C5H5IO2. The Hall–Kier alpha value is 0.200. The SMILES string of the molecule is O=C1OCC2C(I)C12. The number of cyclic esters (lactones) is 1. The number of halogens is 1. The first kappa shape index (κ1) is 5.02. The Labute approximate surface area is 60.7 Å². The lowest BCUT2D eigenvalue weighted by Gasteiger charge is -1.94. The molecular weight excluding hydrogens is 219 g/mol. The van der Waals surface area contributed by atoms with Crippen LogP contribution in [0.4, 0.5) is 0 Å². The second kappa shape index (κ2) is 1.37. The van der Waals surface area contributed by atoms with Gasteiger partial charge in [0.05, 0.1) is 12.5 Å². The number of carbonyl (C=O) groups excluding carboxylic acids is 1. The lowest BCUT2D eigenvalue weighted by molar-refractivity contribution is -0.140. The largest absolute Gasteiger partial charge is 0.465 e. The van der Waals surface area contributed by atoms with Crippen molar-refractivity contribution in [2.24, 2.45) is 11.8 Å². The van der Waals surface area contributed by atoms with E-state index in [9.17, 15) is 4.79 Å². The van der Waals surface area contributed by atoms with Crippen molar-refractivity contribution in [2.75, 3.05) is 6.61 Å². The Kier molecular flexibility index (Phi) is 0.862. The molecule has 1 saturated carbocycles. The standard InChI is InChI=1S/C5H5IO2/c6-4-2-1-8-5(7)3(2)4/h2-4H,1H2. The third kappa shape index (κ3) is 0.455. The molecule has 2 rings (SSSR count). The summed E-state index contributed by atoms with van der Waals surface area (Å²) in [5.74, 6) is 0.869. The monoisotopic (exact) mass is 224 g/mol. The molecule has 1 aliphatic heterocycles. The van der Waals surface area contributed by atoms with Crippen molar-refractivity contribution in [3.63, 3.8) is 0 Å². The molecule has 0 amide bonds. The molecule has 2 nitrogen and oxygen atoms in total. The first-order chi connectivity index (χ1) is 3.80. The third-order valence-corrected chi connectivity index (χ3v) is 3.46. The van der Waals surface area contributed by atoms with Crippen molar-refractivity contribution in [3.05, 3.63) is 0 Å². The van der Waals surface area contributed by atoms with E-state index >= 15 is 0 Å². The Bertz CT molecular complexity index is 145. The highest BCUT2D eigenvalue weighted by Gasteiger charge is 2.59. The molecule has 2 aliphatic rings. The van der Waals surface area contributed by atoms with Crippen LogP contribution in [0.15, 0.2) is 0 Å². The number of hydrogen-bond acceptors (Lipinski definition) is 2. The van der Waals surface area contributed by atoms with Gasteiger partial charge in [0.25, 0.3) is 0 Å². The smallest absolute Gasteiger partial charge is 0.310 e. The summed E-state index contributed by atoms with van der Waals surface area (Å²) >= 11 is 2.31. The highest BCUT2D eigenvalue weighted by Crippen LogP contribution is 2.50. The van der Waals surface area contributed by atoms with E-state index in [2.05, 4.69) is 22.6 Å². The quantitative estimate of drug-likeness (QED) is 0.342. The molecule has 1 aliphatic carbocycles. The minimum atomic E-state index is 0.0226. The fraction of sp³-hybridized carbons (Fsp3) is 0.800. The zero-order valence-corrected chi connectivity index (χ0v) is 6.29. The van der Waals surface area contributed by atoms with E-state index in [1.165, 1.54) is 0 Å². The van der Waals surface area contributed by atoms with Gasteiger partial charge in [-0.05, 0) is 0 Å². The first-order valence-electron chi connectivity index (χ1n) is 2.61. The minimum Gasteiger partial charge on any atom is -0.465 e. The summed E-state index contributed by atoms with van der Waals surface area (Å²) in [4.78, 5) is 10.6. The predicted molar refractivity (Wildman–Crippen MR) is 35.7 cm³/mol. The lowest BCUT2D eigenvalue weighted by Crippen LogP contribution is -2.03.